The number of thiophene rings is 1. The Morgan fingerprint density at radius 2 is 2.09 bits per heavy atom. The van der Waals surface area contributed by atoms with Gasteiger partial charge in [-0.3, -0.25) is 9.69 Å². The van der Waals surface area contributed by atoms with E-state index in [2.05, 4.69) is 5.32 Å². The summed E-state index contributed by atoms with van der Waals surface area (Å²) in [6, 6.07) is 3.94. The van der Waals surface area contributed by atoms with Gasteiger partial charge in [-0.1, -0.05) is 0 Å². The number of rotatable bonds is 3. The summed E-state index contributed by atoms with van der Waals surface area (Å²) in [4.78, 5) is 15.4. The van der Waals surface area contributed by atoms with Crippen molar-refractivity contribution in [2.75, 3.05) is 18.4 Å². The van der Waals surface area contributed by atoms with Crippen molar-refractivity contribution < 1.29 is 18.0 Å². The number of halogens is 3. The van der Waals surface area contributed by atoms with Gasteiger partial charge >= 0.3 is 0 Å². The van der Waals surface area contributed by atoms with E-state index in [1.807, 2.05) is 23.3 Å². The number of hydrogen-bond acceptors (Lipinski definition) is 3. The highest BCUT2D eigenvalue weighted by Gasteiger charge is 2.26. The van der Waals surface area contributed by atoms with Crippen molar-refractivity contribution >= 4 is 22.9 Å². The van der Waals surface area contributed by atoms with Gasteiger partial charge < -0.3 is 5.32 Å². The molecule has 0 saturated carbocycles. The molecule has 1 amide bonds. The van der Waals surface area contributed by atoms with Gasteiger partial charge in [-0.2, -0.15) is 0 Å². The van der Waals surface area contributed by atoms with Crippen molar-refractivity contribution in [3.05, 3.63) is 51.5 Å². The lowest BCUT2D eigenvalue weighted by molar-refractivity contribution is -0.117. The van der Waals surface area contributed by atoms with Crippen LogP contribution in [0.1, 0.15) is 23.4 Å². The van der Waals surface area contributed by atoms with E-state index in [4.69, 9.17) is 0 Å². The standard InChI is InChI=1S/C16H15F3N2OS/c1-9-10-5-7-23-13(10)4-6-21(9)8-14(22)20-12-3-2-11(17)15(18)16(12)19/h2-3,5,7,9H,4,6,8H2,1H3,(H,20,22)/t9-/m0/s1. The second-order valence-corrected chi connectivity index (χ2v) is 6.47. The Balaban J connectivity index is 1.68. The first kappa shape index (κ1) is 16.0. The zero-order chi connectivity index (χ0) is 16.6. The van der Waals surface area contributed by atoms with Crippen LogP contribution in [0.5, 0.6) is 0 Å². The fourth-order valence-electron chi connectivity index (χ4n) is 2.77. The van der Waals surface area contributed by atoms with Gasteiger partial charge in [0.25, 0.3) is 0 Å². The minimum absolute atomic E-state index is 0.0644. The average Bonchev–Trinajstić information content (AvgIpc) is 3.00. The lowest BCUT2D eigenvalue weighted by atomic mass is 10.0. The van der Waals surface area contributed by atoms with Crippen LogP contribution < -0.4 is 5.32 Å². The second-order valence-electron chi connectivity index (χ2n) is 5.47. The Hall–Kier alpha value is -1.86. The Labute approximate surface area is 135 Å². The summed E-state index contributed by atoms with van der Waals surface area (Å²) < 4.78 is 39.7. The molecular formula is C16H15F3N2OS. The van der Waals surface area contributed by atoms with E-state index >= 15 is 0 Å². The average molecular weight is 340 g/mol. The predicted molar refractivity (Wildman–Crippen MR) is 83.0 cm³/mol. The third-order valence-corrected chi connectivity index (χ3v) is 5.06. The summed E-state index contributed by atoms with van der Waals surface area (Å²) in [5.41, 5.74) is 0.850. The first-order valence-electron chi connectivity index (χ1n) is 7.21. The van der Waals surface area contributed by atoms with Crippen molar-refractivity contribution in [1.82, 2.24) is 4.90 Å². The van der Waals surface area contributed by atoms with Gasteiger partial charge in [0.05, 0.1) is 12.2 Å². The molecule has 23 heavy (non-hydrogen) atoms. The summed E-state index contributed by atoms with van der Waals surface area (Å²) in [5.74, 6) is -4.71. The van der Waals surface area contributed by atoms with Crippen molar-refractivity contribution in [1.29, 1.82) is 0 Å². The van der Waals surface area contributed by atoms with Gasteiger partial charge in [0, 0.05) is 17.5 Å². The summed E-state index contributed by atoms with van der Waals surface area (Å²) >= 11 is 1.70. The van der Waals surface area contributed by atoms with Crippen LogP contribution in [0.25, 0.3) is 0 Å². The van der Waals surface area contributed by atoms with E-state index < -0.39 is 23.4 Å². The molecular weight excluding hydrogens is 325 g/mol. The molecule has 0 unspecified atom stereocenters. The van der Waals surface area contributed by atoms with Crippen LogP contribution >= 0.6 is 11.3 Å². The molecule has 122 valence electrons. The molecule has 1 aliphatic rings. The predicted octanol–water partition coefficient (Wildman–Crippen LogP) is 3.72. The first-order chi connectivity index (χ1) is 11.0. The smallest absolute Gasteiger partial charge is 0.238 e. The van der Waals surface area contributed by atoms with Gasteiger partial charge in [0.1, 0.15) is 0 Å². The number of carbonyl (C=O) groups excluding carboxylic acids is 1. The molecule has 1 aromatic heterocycles. The highest BCUT2D eigenvalue weighted by atomic mass is 32.1. The number of nitrogens with zero attached hydrogens (tertiary/aromatic N) is 1. The van der Waals surface area contributed by atoms with Crippen LogP contribution in [-0.2, 0) is 11.2 Å². The van der Waals surface area contributed by atoms with Crippen LogP contribution in [0.2, 0.25) is 0 Å². The Kier molecular flexibility index (Phi) is 4.41. The lowest BCUT2D eigenvalue weighted by Crippen LogP contribution is -2.39. The molecule has 1 aliphatic heterocycles. The maximum Gasteiger partial charge on any atom is 0.238 e. The van der Waals surface area contributed by atoms with E-state index in [0.29, 0.717) is 0 Å². The third kappa shape index (κ3) is 3.11. The third-order valence-electron chi connectivity index (χ3n) is 4.06. The fraction of sp³-hybridized carbons (Fsp3) is 0.312. The van der Waals surface area contributed by atoms with Gasteiger partial charge in [0.2, 0.25) is 5.91 Å². The summed E-state index contributed by atoms with van der Waals surface area (Å²) in [7, 11) is 0. The minimum atomic E-state index is -1.59. The zero-order valence-corrected chi connectivity index (χ0v) is 13.2. The van der Waals surface area contributed by atoms with E-state index in [1.165, 1.54) is 10.4 Å². The molecule has 0 saturated heterocycles. The van der Waals surface area contributed by atoms with Gasteiger partial charge in [0.15, 0.2) is 17.5 Å². The maximum absolute atomic E-state index is 13.6. The summed E-state index contributed by atoms with van der Waals surface area (Å²) in [6.07, 6.45) is 0.865. The molecule has 7 heteroatoms. The zero-order valence-electron chi connectivity index (χ0n) is 12.4. The number of nitrogens with one attached hydrogen (secondary N) is 1. The number of amides is 1. The van der Waals surface area contributed by atoms with Crippen LogP contribution in [-0.4, -0.2) is 23.9 Å². The molecule has 3 nitrogen and oxygen atoms in total. The van der Waals surface area contributed by atoms with Crippen LogP contribution in [0, 0.1) is 17.5 Å². The van der Waals surface area contributed by atoms with Crippen LogP contribution in [0.3, 0.4) is 0 Å². The van der Waals surface area contributed by atoms with Gasteiger partial charge in [-0.05, 0) is 42.5 Å². The fourth-order valence-corrected chi connectivity index (χ4v) is 3.74. The van der Waals surface area contributed by atoms with Crippen molar-refractivity contribution in [3.8, 4) is 0 Å². The van der Waals surface area contributed by atoms with Crippen LogP contribution in [0.15, 0.2) is 23.6 Å². The highest BCUT2D eigenvalue weighted by molar-refractivity contribution is 7.10. The number of carbonyl (C=O) groups is 1. The summed E-state index contributed by atoms with van der Waals surface area (Å²) in [5, 5.41) is 4.33. The molecule has 1 N–H and O–H groups in total. The lowest BCUT2D eigenvalue weighted by Gasteiger charge is -2.32. The molecule has 2 aromatic rings. The maximum atomic E-state index is 13.6. The van der Waals surface area contributed by atoms with Crippen molar-refractivity contribution in [2.24, 2.45) is 0 Å². The second kappa shape index (κ2) is 6.33. The molecule has 1 atom stereocenters. The molecule has 0 aliphatic carbocycles. The minimum Gasteiger partial charge on any atom is -0.322 e. The quantitative estimate of drug-likeness (QED) is 0.864. The van der Waals surface area contributed by atoms with Gasteiger partial charge in [-0.15, -0.1) is 11.3 Å². The van der Waals surface area contributed by atoms with Gasteiger partial charge in [-0.25, -0.2) is 13.2 Å². The highest BCUT2D eigenvalue weighted by Crippen LogP contribution is 2.32. The number of benzene rings is 1. The van der Waals surface area contributed by atoms with E-state index in [0.717, 1.165) is 25.1 Å². The van der Waals surface area contributed by atoms with E-state index in [1.54, 1.807) is 11.3 Å². The van der Waals surface area contributed by atoms with Crippen LogP contribution in [0.4, 0.5) is 18.9 Å². The number of anilines is 1. The topological polar surface area (TPSA) is 32.3 Å². The van der Waals surface area contributed by atoms with Crippen molar-refractivity contribution in [3.63, 3.8) is 0 Å². The molecule has 0 bridgehead atoms. The molecule has 2 heterocycles. The Morgan fingerprint density at radius 3 is 2.87 bits per heavy atom. The van der Waals surface area contributed by atoms with Crippen molar-refractivity contribution in [2.45, 2.75) is 19.4 Å². The largest absolute Gasteiger partial charge is 0.322 e. The summed E-state index contributed by atoms with van der Waals surface area (Å²) in [6.45, 7) is 2.80. The molecule has 0 radical (unpaired) electrons. The Morgan fingerprint density at radius 1 is 1.30 bits per heavy atom. The normalized spacial score (nSPS) is 17.8. The SMILES string of the molecule is C[C@H]1c2ccsc2CCN1CC(=O)Nc1ccc(F)c(F)c1F. The molecule has 3 rings (SSSR count). The molecule has 0 spiro atoms. The number of hydrogen-bond donors (Lipinski definition) is 1. The first-order valence-corrected chi connectivity index (χ1v) is 8.09. The monoisotopic (exact) mass is 340 g/mol. The van der Waals surface area contributed by atoms with E-state index in [-0.39, 0.29) is 18.3 Å². The molecule has 0 fully saturated rings. The number of fused-ring (bicyclic) bond motifs is 1. The molecule has 1 aromatic carbocycles. The Bertz CT molecular complexity index is 747. The van der Waals surface area contributed by atoms with E-state index in [9.17, 15) is 18.0 Å².